The number of halogens is 2. The fourth-order valence-corrected chi connectivity index (χ4v) is 1.93. The Morgan fingerprint density at radius 3 is 2.35 bits per heavy atom. The minimum absolute atomic E-state index is 0.127. The Hall–Kier alpha value is -0.895. The molecule has 0 radical (unpaired) electrons. The van der Waals surface area contributed by atoms with Gasteiger partial charge in [-0.1, -0.05) is 10.9 Å². The van der Waals surface area contributed by atoms with E-state index in [1.165, 1.54) is 7.85 Å². The first kappa shape index (κ1) is 14.2. The van der Waals surface area contributed by atoms with E-state index >= 15 is 0 Å². The number of alkyl halides is 1. The van der Waals surface area contributed by atoms with Gasteiger partial charge in [0.15, 0.2) is 5.78 Å². The molecule has 0 saturated heterocycles. The predicted octanol–water partition coefficient (Wildman–Crippen LogP) is -2.49. The first-order valence-corrected chi connectivity index (χ1v) is 6.02. The largest absolute Gasteiger partial charge is 0.508 e. The molecule has 0 spiro atoms. The normalized spacial score (nSPS) is 10.5. The second kappa shape index (κ2) is 5.63. The number of carbonyl (C=O) groups is 1. The van der Waals surface area contributed by atoms with E-state index < -0.39 is 5.82 Å². The lowest BCUT2D eigenvalue weighted by Crippen LogP contribution is -2.39. The van der Waals surface area contributed by atoms with Gasteiger partial charge < -0.3 is 5.11 Å². The summed E-state index contributed by atoms with van der Waals surface area (Å²) in [4.78, 5) is 11.9. The number of carbonyl (C=O) groups excluding carboxylic acids is 1. The van der Waals surface area contributed by atoms with Crippen molar-refractivity contribution in [1.29, 1.82) is 0 Å². The van der Waals surface area contributed by atoms with Crippen LogP contribution in [0.1, 0.15) is 23.2 Å². The van der Waals surface area contributed by atoms with Crippen molar-refractivity contribution in [3.05, 3.63) is 11.4 Å². The van der Waals surface area contributed by atoms with Crippen molar-refractivity contribution in [1.82, 2.24) is 0 Å². The van der Waals surface area contributed by atoms with E-state index in [1.54, 1.807) is 15.7 Å². The number of rotatable bonds is 4. The lowest BCUT2D eigenvalue weighted by atomic mass is 9.72. The summed E-state index contributed by atoms with van der Waals surface area (Å²) in [6, 6.07) is 0. The topological polar surface area (TPSA) is 37.3 Å². The molecule has 1 aromatic carbocycles. The summed E-state index contributed by atoms with van der Waals surface area (Å²) in [6.45, 7) is 0. The quantitative estimate of drug-likeness (QED) is 0.366. The van der Waals surface area contributed by atoms with Gasteiger partial charge in [-0.05, 0) is 11.9 Å². The zero-order valence-corrected chi connectivity index (χ0v) is 11.0. The molecule has 0 aliphatic heterocycles. The van der Waals surface area contributed by atoms with Gasteiger partial charge in [0, 0.05) is 12.3 Å². The molecule has 2 nitrogen and oxygen atoms in total. The molecule has 0 fully saturated rings. The molecule has 88 valence electrons. The lowest BCUT2D eigenvalue weighted by molar-refractivity contribution is 0.0980. The van der Waals surface area contributed by atoms with Crippen LogP contribution in [0.4, 0.5) is 4.39 Å². The number of benzene rings is 1. The monoisotopic (exact) mass is 252 g/mol. The molecule has 0 aliphatic carbocycles. The van der Waals surface area contributed by atoms with Crippen LogP contribution in [-0.2, 0) is 0 Å². The number of Topliss-reactive ketones (excluding diaryl/α,β-unsaturated/α-hetero) is 1. The third-order valence-electron chi connectivity index (χ3n) is 3.00. The van der Waals surface area contributed by atoms with Gasteiger partial charge in [-0.25, -0.2) is 4.39 Å². The van der Waals surface area contributed by atoms with E-state index in [-0.39, 0.29) is 29.0 Å². The SMILES string of the molecule is Bc1c(B)c(C(=O)CCCCl)c(O)c(B)c1F. The van der Waals surface area contributed by atoms with Crippen molar-refractivity contribution in [2.75, 3.05) is 5.88 Å². The minimum Gasteiger partial charge on any atom is -0.508 e. The Bertz CT molecular complexity index is 436. The van der Waals surface area contributed by atoms with Gasteiger partial charge >= 0.3 is 0 Å². The van der Waals surface area contributed by atoms with E-state index in [0.29, 0.717) is 23.2 Å². The molecule has 0 aliphatic rings. The van der Waals surface area contributed by atoms with Crippen LogP contribution in [0.2, 0.25) is 0 Å². The van der Waals surface area contributed by atoms with Crippen molar-refractivity contribution < 1.29 is 14.3 Å². The summed E-state index contributed by atoms with van der Waals surface area (Å²) in [5, 5.41) is 9.86. The van der Waals surface area contributed by atoms with Crippen molar-refractivity contribution in [3.63, 3.8) is 0 Å². The van der Waals surface area contributed by atoms with E-state index in [9.17, 15) is 14.3 Å². The van der Waals surface area contributed by atoms with Crippen LogP contribution >= 0.6 is 11.6 Å². The van der Waals surface area contributed by atoms with Gasteiger partial charge in [-0.2, -0.15) is 0 Å². The highest BCUT2D eigenvalue weighted by Gasteiger charge is 2.20. The van der Waals surface area contributed by atoms with E-state index in [2.05, 4.69) is 0 Å². The van der Waals surface area contributed by atoms with Crippen LogP contribution in [0, 0.1) is 5.82 Å². The molecular formula is C10H13B3ClFO2. The molecule has 1 N–H and O–H groups in total. The third-order valence-corrected chi connectivity index (χ3v) is 3.27. The summed E-state index contributed by atoms with van der Waals surface area (Å²) in [6.07, 6.45) is 0.817. The zero-order chi connectivity index (χ0) is 13.2. The van der Waals surface area contributed by atoms with Crippen molar-refractivity contribution in [2.45, 2.75) is 12.8 Å². The molecule has 1 aromatic rings. The Labute approximate surface area is 108 Å². The van der Waals surface area contributed by atoms with Crippen LogP contribution in [0.3, 0.4) is 0 Å². The maximum atomic E-state index is 13.7. The molecule has 0 aromatic heterocycles. The average molecular weight is 252 g/mol. The van der Waals surface area contributed by atoms with Crippen molar-refractivity contribution in [3.8, 4) is 5.75 Å². The molecule has 0 unspecified atom stereocenters. The molecule has 0 heterocycles. The van der Waals surface area contributed by atoms with Gasteiger partial charge in [-0.15, -0.1) is 11.6 Å². The van der Waals surface area contributed by atoms with Crippen LogP contribution in [0.15, 0.2) is 0 Å². The highest BCUT2D eigenvalue weighted by Crippen LogP contribution is 2.14. The number of aromatic hydroxyl groups is 1. The van der Waals surface area contributed by atoms with Gasteiger partial charge in [0.1, 0.15) is 35.1 Å². The predicted molar refractivity (Wildman–Crippen MR) is 76.9 cm³/mol. The van der Waals surface area contributed by atoms with Gasteiger partial charge in [0.05, 0.1) is 5.56 Å². The highest BCUT2D eigenvalue weighted by molar-refractivity contribution is 6.53. The summed E-state index contributed by atoms with van der Waals surface area (Å²) < 4.78 is 13.7. The standard InChI is InChI=1S/C10H13B3ClFO2/c11-6-5(4(16)2-1-3-14)10(17)8(13)9(15)7(6)12/h17H,1-3,11-13H2. The summed E-state index contributed by atoms with van der Waals surface area (Å²) >= 11 is 5.53. The average Bonchev–Trinajstić information content (AvgIpc) is 2.31. The molecule has 1 rings (SSSR count). The van der Waals surface area contributed by atoms with E-state index in [0.717, 1.165) is 0 Å². The maximum Gasteiger partial charge on any atom is 0.166 e. The van der Waals surface area contributed by atoms with Crippen LogP contribution in [0.25, 0.3) is 0 Å². The molecule has 17 heavy (non-hydrogen) atoms. The molecule has 7 heteroatoms. The second-order valence-corrected chi connectivity index (χ2v) is 4.51. The fraction of sp³-hybridized carbons (Fsp3) is 0.300. The van der Waals surface area contributed by atoms with Crippen LogP contribution in [-0.4, -0.2) is 40.3 Å². The zero-order valence-electron chi connectivity index (χ0n) is 10.2. The number of phenolic OH excluding ortho intramolecular Hbond substituents is 1. The Morgan fingerprint density at radius 1 is 1.24 bits per heavy atom. The molecular weight excluding hydrogens is 239 g/mol. The summed E-state index contributed by atoms with van der Waals surface area (Å²) in [5.74, 6) is -0.490. The number of hydrogen-bond acceptors (Lipinski definition) is 2. The number of ketones is 1. The third kappa shape index (κ3) is 2.68. The number of hydrogen-bond donors (Lipinski definition) is 1. The summed E-state index contributed by atoms with van der Waals surface area (Å²) in [7, 11) is 4.72. The Kier molecular flexibility index (Phi) is 4.69. The van der Waals surface area contributed by atoms with E-state index in [1.807, 2.05) is 0 Å². The minimum atomic E-state index is -0.450. The van der Waals surface area contributed by atoms with Gasteiger partial charge in [0.25, 0.3) is 0 Å². The molecule has 0 bridgehead atoms. The smallest absolute Gasteiger partial charge is 0.166 e. The fourth-order valence-electron chi connectivity index (χ4n) is 1.80. The van der Waals surface area contributed by atoms with Crippen LogP contribution < -0.4 is 16.4 Å². The van der Waals surface area contributed by atoms with Crippen molar-refractivity contribution in [2.24, 2.45) is 0 Å². The first-order chi connectivity index (χ1) is 7.91. The highest BCUT2D eigenvalue weighted by atomic mass is 35.5. The lowest BCUT2D eigenvalue weighted by Gasteiger charge is -2.14. The van der Waals surface area contributed by atoms with Crippen LogP contribution in [0.5, 0.6) is 5.75 Å². The maximum absolute atomic E-state index is 13.7. The first-order valence-electron chi connectivity index (χ1n) is 5.49. The molecule has 0 amide bonds. The van der Waals surface area contributed by atoms with Gasteiger partial charge in [-0.3, -0.25) is 4.79 Å². The Morgan fingerprint density at radius 2 is 1.82 bits per heavy atom. The van der Waals surface area contributed by atoms with Crippen molar-refractivity contribution >= 4 is 57.3 Å². The second-order valence-electron chi connectivity index (χ2n) is 4.13. The molecule has 0 saturated carbocycles. The van der Waals surface area contributed by atoms with E-state index in [4.69, 9.17) is 11.6 Å². The number of phenols is 1. The Balaban J connectivity index is 3.29. The van der Waals surface area contributed by atoms with Gasteiger partial charge in [0.2, 0.25) is 0 Å². The molecule has 0 atom stereocenters. The summed E-state index contributed by atoms with van der Waals surface area (Å²) in [5.41, 5.74) is 1.27.